The van der Waals surface area contributed by atoms with Gasteiger partial charge in [-0.05, 0) is 36.6 Å². The zero-order valence-electron chi connectivity index (χ0n) is 12.7. The van der Waals surface area contributed by atoms with E-state index in [9.17, 15) is 14.7 Å². The van der Waals surface area contributed by atoms with E-state index in [0.29, 0.717) is 25.8 Å². The first-order valence-corrected chi connectivity index (χ1v) is 8.10. The van der Waals surface area contributed by atoms with Gasteiger partial charge in [-0.1, -0.05) is 24.3 Å². The zero-order chi connectivity index (χ0) is 15.8. The summed E-state index contributed by atoms with van der Waals surface area (Å²) in [5.74, 6) is 0.357. The highest BCUT2D eigenvalue weighted by molar-refractivity contribution is 6.06. The predicted molar refractivity (Wildman–Crippen MR) is 86.5 cm³/mol. The topological polar surface area (TPSA) is 57.6 Å². The van der Waals surface area contributed by atoms with E-state index in [2.05, 4.69) is 0 Å². The second-order valence-electron chi connectivity index (χ2n) is 7.44. The number of phenolic OH excluding ortho intramolecular Hbond substituents is 1. The molecule has 3 aliphatic carbocycles. The number of anilines is 1. The zero-order valence-corrected chi connectivity index (χ0v) is 12.7. The summed E-state index contributed by atoms with van der Waals surface area (Å²) in [5.41, 5.74) is 1.47. The van der Waals surface area contributed by atoms with E-state index in [1.165, 1.54) is 0 Å². The van der Waals surface area contributed by atoms with Crippen LogP contribution in [0.1, 0.15) is 24.8 Å². The fourth-order valence-corrected chi connectivity index (χ4v) is 4.97. The van der Waals surface area contributed by atoms with E-state index in [4.69, 9.17) is 0 Å². The molecule has 2 aromatic carbocycles. The quantitative estimate of drug-likeness (QED) is 0.868. The van der Waals surface area contributed by atoms with Crippen molar-refractivity contribution in [2.24, 2.45) is 10.8 Å². The van der Waals surface area contributed by atoms with E-state index in [1.54, 1.807) is 6.07 Å². The molecule has 0 atom stereocenters. The minimum Gasteiger partial charge on any atom is -0.507 e. The third-order valence-electron chi connectivity index (χ3n) is 6.01. The molecule has 1 amide bonds. The number of carbonyl (C=O) groups is 2. The van der Waals surface area contributed by atoms with Crippen LogP contribution < -0.4 is 4.90 Å². The number of fused-ring (bicyclic) bond motifs is 3. The summed E-state index contributed by atoms with van der Waals surface area (Å²) in [6, 6.07) is 9.51. The molecule has 2 bridgehead atoms. The van der Waals surface area contributed by atoms with Crippen molar-refractivity contribution < 1.29 is 14.7 Å². The van der Waals surface area contributed by atoms with Gasteiger partial charge in [0.2, 0.25) is 5.91 Å². The standard InChI is InChI=1S/C19H17NO3/c21-11-18-8-19(9-18,10-18)17(23)20-6-5-13-12-3-1-2-4-14(12)16(22)7-15(13)20/h1-4,7,11,22H,5-6,8-10H2. The molecule has 4 nitrogen and oxygen atoms in total. The average molecular weight is 307 g/mol. The van der Waals surface area contributed by atoms with Gasteiger partial charge in [-0.2, -0.15) is 0 Å². The number of aromatic hydroxyl groups is 1. The van der Waals surface area contributed by atoms with Crippen LogP contribution in [0.5, 0.6) is 5.75 Å². The van der Waals surface area contributed by atoms with Crippen LogP contribution in [0.15, 0.2) is 30.3 Å². The number of aldehydes is 1. The minimum atomic E-state index is -0.316. The fourth-order valence-electron chi connectivity index (χ4n) is 4.97. The number of rotatable bonds is 2. The van der Waals surface area contributed by atoms with E-state index in [0.717, 1.165) is 34.7 Å². The van der Waals surface area contributed by atoms with E-state index in [1.807, 2.05) is 29.2 Å². The van der Waals surface area contributed by atoms with Gasteiger partial charge in [0.05, 0.1) is 11.1 Å². The van der Waals surface area contributed by atoms with Crippen molar-refractivity contribution in [1.82, 2.24) is 0 Å². The van der Waals surface area contributed by atoms with Crippen LogP contribution >= 0.6 is 0 Å². The number of nitrogens with zero attached hydrogens (tertiary/aromatic N) is 1. The molecule has 0 spiro atoms. The largest absolute Gasteiger partial charge is 0.507 e. The highest BCUT2D eigenvalue weighted by Gasteiger charge is 2.72. The molecule has 0 unspecified atom stereocenters. The minimum absolute atomic E-state index is 0.134. The van der Waals surface area contributed by atoms with Gasteiger partial charge in [-0.25, -0.2) is 0 Å². The summed E-state index contributed by atoms with van der Waals surface area (Å²) in [4.78, 5) is 25.9. The van der Waals surface area contributed by atoms with Crippen LogP contribution in [0.2, 0.25) is 0 Å². The third kappa shape index (κ3) is 1.46. The van der Waals surface area contributed by atoms with Crippen LogP contribution in [0, 0.1) is 10.8 Å². The van der Waals surface area contributed by atoms with Crippen molar-refractivity contribution in [2.45, 2.75) is 25.7 Å². The lowest BCUT2D eigenvalue weighted by Crippen LogP contribution is -2.68. The number of carbonyl (C=O) groups excluding carboxylic acids is 2. The summed E-state index contributed by atoms with van der Waals surface area (Å²) < 4.78 is 0. The normalized spacial score (nSPS) is 30.5. The first-order valence-electron chi connectivity index (χ1n) is 8.10. The van der Waals surface area contributed by atoms with E-state index in [-0.39, 0.29) is 22.5 Å². The van der Waals surface area contributed by atoms with Gasteiger partial charge in [0.1, 0.15) is 12.0 Å². The molecule has 4 heteroatoms. The molecule has 1 N–H and O–H groups in total. The first-order chi connectivity index (χ1) is 11.1. The SMILES string of the molecule is O=CC12CC(C(=O)N3CCc4c3cc(O)c3ccccc43)(C1)C2. The Morgan fingerprint density at radius 1 is 1.17 bits per heavy atom. The Labute approximate surface area is 133 Å². The van der Waals surface area contributed by atoms with Crippen molar-refractivity contribution in [3.05, 3.63) is 35.9 Å². The lowest BCUT2D eigenvalue weighted by molar-refractivity contribution is -0.197. The molecule has 0 saturated heterocycles. The molecule has 4 aliphatic rings. The van der Waals surface area contributed by atoms with Gasteiger partial charge < -0.3 is 14.8 Å². The summed E-state index contributed by atoms with van der Waals surface area (Å²) in [6.45, 7) is 0.664. The Morgan fingerprint density at radius 2 is 1.87 bits per heavy atom. The molecular weight excluding hydrogens is 290 g/mol. The monoisotopic (exact) mass is 307 g/mol. The summed E-state index contributed by atoms with van der Waals surface area (Å²) in [6.07, 6.45) is 3.95. The van der Waals surface area contributed by atoms with Gasteiger partial charge in [-0.3, -0.25) is 4.79 Å². The number of hydrogen-bond donors (Lipinski definition) is 1. The maximum Gasteiger partial charge on any atom is 0.233 e. The Balaban J connectivity index is 1.55. The molecule has 0 radical (unpaired) electrons. The highest BCUT2D eigenvalue weighted by atomic mass is 16.3. The Kier molecular flexibility index (Phi) is 2.24. The van der Waals surface area contributed by atoms with Gasteiger partial charge in [-0.15, -0.1) is 0 Å². The van der Waals surface area contributed by atoms with Crippen molar-refractivity contribution in [3.8, 4) is 5.75 Å². The van der Waals surface area contributed by atoms with Crippen molar-refractivity contribution >= 4 is 28.7 Å². The Hall–Kier alpha value is -2.36. The molecule has 23 heavy (non-hydrogen) atoms. The summed E-state index contributed by atoms with van der Waals surface area (Å²) in [5, 5.41) is 12.2. The predicted octanol–water partition coefficient (Wildman–Crippen LogP) is 2.80. The van der Waals surface area contributed by atoms with Gasteiger partial charge in [0.25, 0.3) is 0 Å². The molecule has 3 saturated carbocycles. The van der Waals surface area contributed by atoms with Crippen LogP contribution in [0.3, 0.4) is 0 Å². The van der Waals surface area contributed by atoms with Crippen molar-refractivity contribution in [3.63, 3.8) is 0 Å². The highest BCUT2D eigenvalue weighted by Crippen LogP contribution is 2.73. The second kappa shape index (κ2) is 3.94. The molecule has 1 aliphatic heterocycles. The first kappa shape index (κ1) is 13.1. The molecule has 3 fully saturated rings. The summed E-state index contributed by atoms with van der Waals surface area (Å²) in [7, 11) is 0. The number of hydrogen-bond acceptors (Lipinski definition) is 3. The van der Waals surface area contributed by atoms with Crippen LogP contribution in [0.25, 0.3) is 10.8 Å². The van der Waals surface area contributed by atoms with Crippen LogP contribution in [-0.4, -0.2) is 23.8 Å². The smallest absolute Gasteiger partial charge is 0.233 e. The van der Waals surface area contributed by atoms with Crippen molar-refractivity contribution in [2.75, 3.05) is 11.4 Å². The number of amides is 1. The van der Waals surface area contributed by atoms with E-state index >= 15 is 0 Å². The maximum absolute atomic E-state index is 13.0. The van der Waals surface area contributed by atoms with Crippen LogP contribution in [-0.2, 0) is 16.0 Å². The average Bonchev–Trinajstić information content (AvgIpc) is 2.89. The van der Waals surface area contributed by atoms with Gasteiger partial charge >= 0.3 is 0 Å². The van der Waals surface area contributed by atoms with Gasteiger partial charge in [0, 0.05) is 23.4 Å². The lowest BCUT2D eigenvalue weighted by atomic mass is 9.35. The number of benzene rings is 2. The maximum atomic E-state index is 13.0. The fraction of sp³-hybridized carbons (Fsp3) is 0.368. The molecule has 6 rings (SSSR count). The van der Waals surface area contributed by atoms with Crippen LogP contribution in [0.4, 0.5) is 5.69 Å². The Bertz CT molecular complexity index is 866. The molecule has 1 heterocycles. The molecule has 116 valence electrons. The Morgan fingerprint density at radius 3 is 2.57 bits per heavy atom. The third-order valence-corrected chi connectivity index (χ3v) is 6.01. The molecular formula is C19H17NO3. The summed E-state index contributed by atoms with van der Waals surface area (Å²) >= 11 is 0. The van der Waals surface area contributed by atoms with Crippen molar-refractivity contribution in [1.29, 1.82) is 0 Å². The lowest BCUT2D eigenvalue weighted by Gasteiger charge is -2.67. The van der Waals surface area contributed by atoms with Gasteiger partial charge in [0.15, 0.2) is 0 Å². The molecule has 2 aromatic rings. The van der Waals surface area contributed by atoms with E-state index < -0.39 is 0 Å². The molecule has 0 aromatic heterocycles. The number of phenols is 1. The second-order valence-corrected chi connectivity index (χ2v) is 7.44.